The maximum atomic E-state index is 13.7. The van der Waals surface area contributed by atoms with Gasteiger partial charge in [0.25, 0.3) is 0 Å². The van der Waals surface area contributed by atoms with Crippen LogP contribution in [0.2, 0.25) is 5.02 Å². The Hall–Kier alpha value is -3.83. The average Bonchev–Trinajstić information content (AvgIpc) is 3.41. The minimum Gasteiger partial charge on any atom is -0.467 e. The molecular weight excluding hydrogens is 460 g/mol. The molecule has 1 N–H and O–H groups in total. The Labute approximate surface area is 210 Å². The first-order valence-corrected chi connectivity index (χ1v) is 11.9. The van der Waals surface area contributed by atoms with Crippen LogP contribution in [0.5, 0.6) is 0 Å². The van der Waals surface area contributed by atoms with Gasteiger partial charge in [-0.2, -0.15) is 0 Å². The normalized spacial score (nSPS) is 11.6. The van der Waals surface area contributed by atoms with Crippen LogP contribution in [0.15, 0.2) is 108 Å². The first kappa shape index (κ1) is 24.3. The highest BCUT2D eigenvalue weighted by atomic mass is 35.5. The third-order valence-corrected chi connectivity index (χ3v) is 6.00. The topological polar surface area (TPSA) is 62.6 Å². The van der Waals surface area contributed by atoms with Crippen LogP contribution < -0.4 is 5.32 Å². The first-order valence-electron chi connectivity index (χ1n) is 11.5. The van der Waals surface area contributed by atoms with Gasteiger partial charge in [0.1, 0.15) is 11.8 Å². The van der Waals surface area contributed by atoms with Crippen molar-refractivity contribution in [3.63, 3.8) is 0 Å². The predicted molar refractivity (Wildman–Crippen MR) is 137 cm³/mol. The Balaban J connectivity index is 1.63. The monoisotopic (exact) mass is 486 g/mol. The highest BCUT2D eigenvalue weighted by Crippen LogP contribution is 2.18. The molecule has 0 aliphatic rings. The number of hydrogen-bond donors (Lipinski definition) is 1. The van der Waals surface area contributed by atoms with E-state index in [0.29, 0.717) is 23.7 Å². The Bertz CT molecular complexity index is 1210. The summed E-state index contributed by atoms with van der Waals surface area (Å²) in [5, 5.41) is 3.57. The average molecular weight is 487 g/mol. The minimum absolute atomic E-state index is 0.134. The van der Waals surface area contributed by atoms with Crippen molar-refractivity contribution in [3.05, 3.63) is 131 Å². The number of nitrogens with zero attached hydrogens (tertiary/aromatic N) is 1. The van der Waals surface area contributed by atoms with Crippen LogP contribution in [0, 0.1) is 0 Å². The summed E-state index contributed by atoms with van der Waals surface area (Å²) in [5.74, 6) is 0.287. The van der Waals surface area contributed by atoms with Crippen molar-refractivity contribution in [2.75, 3.05) is 0 Å². The zero-order valence-corrected chi connectivity index (χ0v) is 20.0. The SMILES string of the molecule is O=C(NCc1ccco1)[C@@H](Cc1ccccc1)N(Cc1ccccc1)C(=O)Cc1ccc(Cl)cc1. The van der Waals surface area contributed by atoms with E-state index in [4.69, 9.17) is 16.0 Å². The van der Waals surface area contributed by atoms with E-state index in [-0.39, 0.29) is 24.8 Å². The Morgan fingerprint density at radius 3 is 2.09 bits per heavy atom. The van der Waals surface area contributed by atoms with Gasteiger partial charge in [0.05, 0.1) is 19.2 Å². The highest BCUT2D eigenvalue weighted by Gasteiger charge is 2.30. The van der Waals surface area contributed by atoms with Crippen LogP contribution in [0.1, 0.15) is 22.5 Å². The number of amides is 2. The lowest BCUT2D eigenvalue weighted by Gasteiger charge is -2.31. The fourth-order valence-corrected chi connectivity index (χ4v) is 4.04. The molecule has 6 heteroatoms. The fourth-order valence-electron chi connectivity index (χ4n) is 3.92. The molecule has 35 heavy (non-hydrogen) atoms. The number of halogens is 1. The molecule has 1 aromatic heterocycles. The van der Waals surface area contributed by atoms with Crippen molar-refractivity contribution in [2.45, 2.75) is 32.0 Å². The van der Waals surface area contributed by atoms with E-state index < -0.39 is 6.04 Å². The number of nitrogens with one attached hydrogen (secondary N) is 1. The van der Waals surface area contributed by atoms with E-state index in [1.807, 2.05) is 72.8 Å². The molecule has 1 atom stereocenters. The molecule has 0 radical (unpaired) electrons. The molecule has 0 unspecified atom stereocenters. The molecule has 5 nitrogen and oxygen atoms in total. The quantitative estimate of drug-likeness (QED) is 0.325. The Morgan fingerprint density at radius 1 is 0.800 bits per heavy atom. The Kier molecular flexibility index (Phi) is 8.36. The molecule has 0 spiro atoms. The number of furan rings is 1. The molecular formula is C29H27ClN2O3. The van der Waals surface area contributed by atoms with E-state index >= 15 is 0 Å². The molecule has 0 bridgehead atoms. The van der Waals surface area contributed by atoms with Gasteiger partial charge in [-0.1, -0.05) is 84.4 Å². The van der Waals surface area contributed by atoms with Gasteiger partial charge in [-0.15, -0.1) is 0 Å². The van der Waals surface area contributed by atoms with Gasteiger partial charge in [-0.25, -0.2) is 0 Å². The second-order valence-electron chi connectivity index (χ2n) is 8.31. The summed E-state index contributed by atoms with van der Waals surface area (Å²) in [7, 11) is 0. The maximum absolute atomic E-state index is 13.7. The summed E-state index contributed by atoms with van der Waals surface area (Å²) in [6.45, 7) is 0.570. The largest absolute Gasteiger partial charge is 0.467 e. The molecule has 178 valence electrons. The summed E-state index contributed by atoms with van der Waals surface area (Å²) >= 11 is 6.02. The number of rotatable bonds is 10. The third kappa shape index (κ3) is 7.08. The molecule has 0 aliphatic heterocycles. The maximum Gasteiger partial charge on any atom is 0.243 e. The fraction of sp³-hybridized carbons (Fsp3) is 0.172. The highest BCUT2D eigenvalue weighted by molar-refractivity contribution is 6.30. The van der Waals surface area contributed by atoms with Crippen molar-refractivity contribution < 1.29 is 14.0 Å². The molecule has 4 rings (SSSR count). The van der Waals surface area contributed by atoms with Crippen molar-refractivity contribution in [3.8, 4) is 0 Å². The summed E-state index contributed by atoms with van der Waals surface area (Å²) < 4.78 is 5.37. The minimum atomic E-state index is -0.702. The molecule has 1 heterocycles. The van der Waals surface area contributed by atoms with E-state index in [0.717, 1.165) is 16.7 Å². The summed E-state index contributed by atoms with van der Waals surface area (Å²) in [6.07, 6.45) is 2.13. The van der Waals surface area contributed by atoms with E-state index in [1.54, 1.807) is 35.4 Å². The van der Waals surface area contributed by atoms with Crippen LogP contribution in [0.4, 0.5) is 0 Å². The van der Waals surface area contributed by atoms with Gasteiger partial charge in [0.2, 0.25) is 11.8 Å². The van der Waals surface area contributed by atoms with Crippen LogP contribution in [-0.4, -0.2) is 22.8 Å². The van der Waals surface area contributed by atoms with Crippen molar-refractivity contribution in [1.82, 2.24) is 10.2 Å². The predicted octanol–water partition coefficient (Wildman–Crippen LogP) is 5.43. The lowest BCUT2D eigenvalue weighted by molar-refractivity contribution is -0.140. The standard InChI is InChI=1S/C29H27ClN2O3/c30-25-15-13-23(14-16-25)19-28(33)32(21-24-10-5-2-6-11-24)27(18-22-8-3-1-4-9-22)29(34)31-20-26-12-7-17-35-26/h1-17,27H,18-21H2,(H,31,34)/t27-/m1/s1. The lowest BCUT2D eigenvalue weighted by Crippen LogP contribution is -2.50. The third-order valence-electron chi connectivity index (χ3n) is 5.75. The lowest BCUT2D eigenvalue weighted by atomic mass is 10.0. The van der Waals surface area contributed by atoms with Crippen molar-refractivity contribution in [1.29, 1.82) is 0 Å². The van der Waals surface area contributed by atoms with E-state index in [2.05, 4.69) is 5.32 Å². The molecule has 2 amide bonds. The Morgan fingerprint density at radius 2 is 1.46 bits per heavy atom. The number of carbonyl (C=O) groups excluding carboxylic acids is 2. The molecule has 0 saturated heterocycles. The van der Waals surface area contributed by atoms with Crippen molar-refractivity contribution in [2.24, 2.45) is 0 Å². The number of hydrogen-bond acceptors (Lipinski definition) is 3. The van der Waals surface area contributed by atoms with E-state index in [9.17, 15) is 9.59 Å². The van der Waals surface area contributed by atoms with E-state index in [1.165, 1.54) is 0 Å². The number of benzene rings is 3. The second kappa shape index (κ2) is 12.0. The molecule has 0 fully saturated rings. The van der Waals surface area contributed by atoms with Gasteiger partial charge >= 0.3 is 0 Å². The van der Waals surface area contributed by atoms with Gasteiger partial charge in [-0.05, 0) is 41.0 Å². The summed E-state index contributed by atoms with van der Waals surface area (Å²) in [4.78, 5) is 28.9. The number of carbonyl (C=O) groups is 2. The smallest absolute Gasteiger partial charge is 0.243 e. The van der Waals surface area contributed by atoms with Gasteiger partial charge in [0.15, 0.2) is 0 Å². The van der Waals surface area contributed by atoms with Crippen LogP contribution in [0.3, 0.4) is 0 Å². The van der Waals surface area contributed by atoms with Gasteiger partial charge in [0, 0.05) is 18.0 Å². The first-order chi connectivity index (χ1) is 17.1. The zero-order valence-electron chi connectivity index (χ0n) is 19.3. The molecule has 0 aliphatic carbocycles. The molecule has 4 aromatic rings. The molecule has 0 saturated carbocycles. The summed E-state index contributed by atoms with van der Waals surface area (Å²) in [5.41, 5.74) is 2.77. The molecule has 3 aromatic carbocycles. The zero-order chi connectivity index (χ0) is 24.5. The van der Waals surface area contributed by atoms with Crippen molar-refractivity contribution >= 4 is 23.4 Å². The van der Waals surface area contributed by atoms with Gasteiger partial charge in [-0.3, -0.25) is 9.59 Å². The second-order valence-corrected chi connectivity index (χ2v) is 8.75. The summed E-state index contributed by atoms with van der Waals surface area (Å²) in [6, 6.07) is 29.5. The van der Waals surface area contributed by atoms with Crippen LogP contribution in [0.25, 0.3) is 0 Å². The van der Waals surface area contributed by atoms with Crippen LogP contribution in [-0.2, 0) is 35.5 Å². The van der Waals surface area contributed by atoms with Gasteiger partial charge < -0.3 is 14.6 Å². The van der Waals surface area contributed by atoms with Crippen LogP contribution >= 0.6 is 11.6 Å².